The number of benzene rings is 1. The molecule has 0 atom stereocenters. The number of rotatable bonds is 5. The summed E-state index contributed by atoms with van der Waals surface area (Å²) < 4.78 is 34.1. The van der Waals surface area contributed by atoms with Crippen LogP contribution in [-0.4, -0.2) is 11.8 Å². The zero-order valence-electron chi connectivity index (χ0n) is 9.90. The van der Waals surface area contributed by atoms with Crippen LogP contribution >= 0.6 is 0 Å². The number of aryl methyl sites for hydroxylation is 1. The van der Waals surface area contributed by atoms with Gasteiger partial charge in [0.2, 0.25) is 0 Å². The Morgan fingerprint density at radius 2 is 2.11 bits per heavy atom. The number of alkyl halides is 2. The highest BCUT2D eigenvalue weighted by Crippen LogP contribution is 2.32. The number of para-hydroxylation sites is 1. The van der Waals surface area contributed by atoms with Crippen molar-refractivity contribution in [3.05, 3.63) is 36.1 Å². The molecular weight excluding hydrogens is 240 g/mol. The van der Waals surface area contributed by atoms with Crippen molar-refractivity contribution in [1.82, 2.24) is 5.16 Å². The van der Waals surface area contributed by atoms with Crippen LogP contribution in [0.3, 0.4) is 0 Å². The second-order valence-corrected chi connectivity index (χ2v) is 3.81. The summed E-state index contributed by atoms with van der Waals surface area (Å²) in [7, 11) is 0. The Hall–Kier alpha value is -1.91. The molecule has 1 aromatic carbocycles. The van der Waals surface area contributed by atoms with Crippen molar-refractivity contribution >= 4 is 0 Å². The van der Waals surface area contributed by atoms with Gasteiger partial charge in [0, 0.05) is 11.1 Å². The van der Waals surface area contributed by atoms with Crippen molar-refractivity contribution in [3.8, 4) is 17.0 Å². The highest BCUT2D eigenvalue weighted by Gasteiger charge is 2.16. The van der Waals surface area contributed by atoms with Gasteiger partial charge in [0.15, 0.2) is 0 Å². The van der Waals surface area contributed by atoms with Gasteiger partial charge < -0.3 is 9.26 Å². The van der Waals surface area contributed by atoms with Crippen LogP contribution in [0.4, 0.5) is 8.78 Å². The molecule has 2 aromatic rings. The van der Waals surface area contributed by atoms with Crippen LogP contribution in [0.1, 0.15) is 18.9 Å². The molecule has 0 aliphatic heterocycles. The third kappa shape index (κ3) is 2.67. The maximum absolute atomic E-state index is 12.3. The molecule has 2 rings (SSSR count). The van der Waals surface area contributed by atoms with Crippen molar-refractivity contribution < 1.29 is 18.0 Å². The first-order chi connectivity index (χ1) is 8.72. The molecule has 0 bridgehead atoms. The van der Waals surface area contributed by atoms with Crippen molar-refractivity contribution in [3.63, 3.8) is 0 Å². The van der Waals surface area contributed by atoms with Gasteiger partial charge in [-0.3, -0.25) is 0 Å². The van der Waals surface area contributed by atoms with Crippen molar-refractivity contribution in [1.29, 1.82) is 0 Å². The van der Waals surface area contributed by atoms with Gasteiger partial charge in [0.05, 0.1) is 0 Å². The minimum Gasteiger partial charge on any atom is -0.434 e. The fraction of sp³-hybridized carbons (Fsp3) is 0.308. The highest BCUT2D eigenvalue weighted by molar-refractivity contribution is 5.69. The van der Waals surface area contributed by atoms with Gasteiger partial charge in [-0.15, -0.1) is 0 Å². The second-order valence-electron chi connectivity index (χ2n) is 3.81. The lowest BCUT2D eigenvalue weighted by Gasteiger charge is -2.09. The number of hydrogen-bond acceptors (Lipinski definition) is 3. The van der Waals surface area contributed by atoms with Crippen LogP contribution in [0.5, 0.6) is 5.75 Å². The highest BCUT2D eigenvalue weighted by atomic mass is 19.3. The first-order valence-electron chi connectivity index (χ1n) is 5.69. The molecule has 18 heavy (non-hydrogen) atoms. The Labute approximate surface area is 103 Å². The monoisotopic (exact) mass is 253 g/mol. The summed E-state index contributed by atoms with van der Waals surface area (Å²) in [6.07, 6.45) is 3.24. The number of hydrogen-bond donors (Lipinski definition) is 0. The molecule has 0 aliphatic carbocycles. The zero-order chi connectivity index (χ0) is 13.0. The molecule has 3 nitrogen and oxygen atoms in total. The lowest BCUT2D eigenvalue weighted by atomic mass is 10.0. The Kier molecular flexibility index (Phi) is 3.92. The van der Waals surface area contributed by atoms with Gasteiger partial charge in [-0.2, -0.15) is 8.78 Å². The summed E-state index contributed by atoms with van der Waals surface area (Å²) in [4.78, 5) is 0. The van der Waals surface area contributed by atoms with Gasteiger partial charge in [-0.1, -0.05) is 30.6 Å². The first kappa shape index (κ1) is 12.5. The minimum absolute atomic E-state index is 0.110. The minimum atomic E-state index is -2.85. The van der Waals surface area contributed by atoms with Crippen LogP contribution < -0.4 is 4.74 Å². The van der Waals surface area contributed by atoms with E-state index in [4.69, 9.17) is 4.52 Å². The summed E-state index contributed by atoms with van der Waals surface area (Å²) in [5.41, 5.74) is 1.98. The number of halogens is 2. The summed E-state index contributed by atoms with van der Waals surface area (Å²) in [6, 6.07) is 6.57. The smallest absolute Gasteiger partial charge is 0.387 e. The molecule has 0 amide bonds. The summed E-state index contributed by atoms with van der Waals surface area (Å²) in [6.45, 7) is -0.828. The molecule has 0 N–H and O–H groups in total. The van der Waals surface area contributed by atoms with Crippen LogP contribution in [-0.2, 0) is 6.42 Å². The van der Waals surface area contributed by atoms with E-state index in [0.717, 1.165) is 18.4 Å². The average Bonchev–Trinajstić information content (AvgIpc) is 2.78. The van der Waals surface area contributed by atoms with E-state index in [1.54, 1.807) is 18.2 Å². The normalized spacial score (nSPS) is 10.9. The molecule has 1 heterocycles. The SMILES string of the molecule is CCCc1conc1-c1ccccc1OC(F)F. The summed E-state index contributed by atoms with van der Waals surface area (Å²) in [5, 5.41) is 3.87. The Bertz CT molecular complexity index is 511. The maximum atomic E-state index is 12.3. The van der Waals surface area contributed by atoms with E-state index < -0.39 is 6.61 Å². The molecule has 0 radical (unpaired) electrons. The predicted octanol–water partition coefficient (Wildman–Crippen LogP) is 3.90. The Balaban J connectivity index is 2.40. The van der Waals surface area contributed by atoms with Crippen LogP contribution in [0.2, 0.25) is 0 Å². The van der Waals surface area contributed by atoms with Gasteiger partial charge in [-0.05, 0) is 18.6 Å². The van der Waals surface area contributed by atoms with E-state index in [2.05, 4.69) is 9.89 Å². The topological polar surface area (TPSA) is 35.3 Å². The van der Waals surface area contributed by atoms with Crippen molar-refractivity contribution in [2.24, 2.45) is 0 Å². The number of aromatic nitrogens is 1. The largest absolute Gasteiger partial charge is 0.434 e. The zero-order valence-corrected chi connectivity index (χ0v) is 9.90. The third-order valence-corrected chi connectivity index (χ3v) is 2.52. The number of ether oxygens (including phenoxy) is 1. The Morgan fingerprint density at radius 3 is 2.83 bits per heavy atom. The van der Waals surface area contributed by atoms with E-state index in [0.29, 0.717) is 11.3 Å². The van der Waals surface area contributed by atoms with Crippen molar-refractivity contribution in [2.75, 3.05) is 0 Å². The molecule has 0 saturated carbocycles. The second kappa shape index (κ2) is 5.62. The first-order valence-corrected chi connectivity index (χ1v) is 5.69. The van der Waals surface area contributed by atoms with Gasteiger partial charge in [-0.25, -0.2) is 0 Å². The van der Waals surface area contributed by atoms with Gasteiger partial charge >= 0.3 is 6.61 Å². The molecule has 0 unspecified atom stereocenters. The molecule has 1 aromatic heterocycles. The van der Waals surface area contributed by atoms with Crippen LogP contribution in [0.25, 0.3) is 11.3 Å². The van der Waals surface area contributed by atoms with E-state index in [1.807, 2.05) is 6.92 Å². The maximum Gasteiger partial charge on any atom is 0.387 e. The molecule has 0 fully saturated rings. The number of nitrogens with zero attached hydrogens (tertiary/aromatic N) is 1. The standard InChI is InChI=1S/C13H13F2NO2/c1-2-5-9-8-17-16-12(9)10-6-3-4-7-11(10)18-13(14)15/h3-4,6-8,13H,2,5H2,1H3. The lowest BCUT2D eigenvalue weighted by Crippen LogP contribution is -2.03. The third-order valence-electron chi connectivity index (χ3n) is 2.52. The van der Waals surface area contributed by atoms with Gasteiger partial charge in [0.1, 0.15) is 17.7 Å². The van der Waals surface area contributed by atoms with E-state index in [-0.39, 0.29) is 5.75 Å². The van der Waals surface area contributed by atoms with Crippen LogP contribution in [0.15, 0.2) is 35.1 Å². The predicted molar refractivity (Wildman–Crippen MR) is 62.6 cm³/mol. The van der Waals surface area contributed by atoms with Crippen LogP contribution in [0, 0.1) is 0 Å². The average molecular weight is 253 g/mol. The lowest BCUT2D eigenvalue weighted by molar-refractivity contribution is -0.0494. The molecule has 0 aliphatic rings. The fourth-order valence-corrected chi connectivity index (χ4v) is 1.79. The quantitative estimate of drug-likeness (QED) is 0.810. The summed E-state index contributed by atoms with van der Waals surface area (Å²) in [5.74, 6) is 0.110. The molecule has 96 valence electrons. The van der Waals surface area contributed by atoms with E-state index in [9.17, 15) is 8.78 Å². The van der Waals surface area contributed by atoms with Gasteiger partial charge in [0.25, 0.3) is 0 Å². The van der Waals surface area contributed by atoms with E-state index in [1.165, 1.54) is 12.3 Å². The summed E-state index contributed by atoms with van der Waals surface area (Å²) >= 11 is 0. The fourth-order valence-electron chi connectivity index (χ4n) is 1.79. The van der Waals surface area contributed by atoms with Crippen molar-refractivity contribution in [2.45, 2.75) is 26.4 Å². The molecule has 5 heteroatoms. The van der Waals surface area contributed by atoms with E-state index >= 15 is 0 Å². The Morgan fingerprint density at radius 1 is 1.33 bits per heavy atom. The molecule has 0 saturated heterocycles. The molecular formula is C13H13F2NO2. The molecule has 0 spiro atoms.